The molecule has 3 heterocycles. The summed E-state index contributed by atoms with van der Waals surface area (Å²) >= 11 is 0. The van der Waals surface area contributed by atoms with Crippen LogP contribution in [0, 0.1) is 11.6 Å². The Morgan fingerprint density at radius 1 is 1.03 bits per heavy atom. The Labute approximate surface area is 203 Å². The van der Waals surface area contributed by atoms with Crippen molar-refractivity contribution in [2.75, 3.05) is 13.7 Å². The van der Waals surface area contributed by atoms with Gasteiger partial charge in [0, 0.05) is 11.8 Å². The number of ether oxygens (including phenoxy) is 2. The largest absolute Gasteiger partial charge is 0.479 e. The molecule has 0 N–H and O–H groups in total. The fourth-order valence-corrected chi connectivity index (χ4v) is 3.75. The van der Waals surface area contributed by atoms with Gasteiger partial charge in [0.2, 0.25) is 5.88 Å². The summed E-state index contributed by atoms with van der Waals surface area (Å²) in [6.07, 6.45) is 4.43. The van der Waals surface area contributed by atoms with Crippen molar-refractivity contribution < 1.29 is 23.0 Å². The molecule has 0 aliphatic heterocycles. The number of aromatic nitrogens is 6. The Kier molecular flexibility index (Phi) is 6.11. The summed E-state index contributed by atoms with van der Waals surface area (Å²) < 4.78 is 41.2. The number of nitrogens with zero attached hydrogens (tertiary/aromatic N) is 6. The monoisotopic (exact) mass is 490 g/mol. The van der Waals surface area contributed by atoms with Gasteiger partial charge in [-0.3, -0.25) is 4.68 Å². The van der Waals surface area contributed by atoms with E-state index in [4.69, 9.17) is 9.47 Å². The van der Waals surface area contributed by atoms with E-state index >= 15 is 0 Å². The zero-order valence-corrected chi connectivity index (χ0v) is 19.4. The van der Waals surface area contributed by atoms with E-state index in [0.717, 1.165) is 17.7 Å². The van der Waals surface area contributed by atoms with Crippen LogP contribution < -0.4 is 4.74 Å². The molecule has 5 aromatic rings. The third-order valence-electron chi connectivity index (χ3n) is 5.46. The third-order valence-corrected chi connectivity index (χ3v) is 5.46. The summed E-state index contributed by atoms with van der Waals surface area (Å²) in [5.41, 5.74) is 2.99. The van der Waals surface area contributed by atoms with Crippen molar-refractivity contribution in [3.63, 3.8) is 0 Å². The summed E-state index contributed by atoms with van der Waals surface area (Å²) in [5.74, 6) is -1.01. The van der Waals surface area contributed by atoms with E-state index in [9.17, 15) is 13.6 Å². The highest BCUT2D eigenvalue weighted by atomic mass is 19.1. The van der Waals surface area contributed by atoms with Crippen LogP contribution in [0.3, 0.4) is 0 Å². The lowest BCUT2D eigenvalue weighted by atomic mass is 10.0. The third kappa shape index (κ3) is 4.38. The number of esters is 1. The van der Waals surface area contributed by atoms with Crippen LogP contribution in [-0.2, 0) is 11.3 Å². The predicted octanol–water partition coefficient (Wildman–Crippen LogP) is 4.19. The van der Waals surface area contributed by atoms with Crippen LogP contribution in [0.5, 0.6) is 5.88 Å². The van der Waals surface area contributed by atoms with Gasteiger partial charge < -0.3 is 9.47 Å². The fourth-order valence-electron chi connectivity index (χ4n) is 3.75. The number of methoxy groups -OCH3 is 1. The van der Waals surface area contributed by atoms with Crippen LogP contribution in [0.15, 0.2) is 61.1 Å². The van der Waals surface area contributed by atoms with Gasteiger partial charge in [0.05, 0.1) is 38.2 Å². The minimum Gasteiger partial charge on any atom is -0.479 e. The van der Waals surface area contributed by atoms with Crippen molar-refractivity contribution in [2.45, 2.75) is 13.5 Å². The molecule has 0 unspecified atom stereocenters. The SMILES string of the molecule is CCOC(=O)c1cnn(-c2nc(OC)c3c(cnn3Cc3ccc(-c4cc(F)ccc4F)cc3)n2)c1. The quantitative estimate of drug-likeness (QED) is 0.316. The van der Waals surface area contributed by atoms with E-state index in [2.05, 4.69) is 20.2 Å². The summed E-state index contributed by atoms with van der Waals surface area (Å²) in [7, 11) is 1.48. The lowest BCUT2D eigenvalue weighted by Crippen LogP contribution is -2.07. The zero-order chi connectivity index (χ0) is 25.2. The molecule has 0 aliphatic rings. The van der Waals surface area contributed by atoms with E-state index in [1.165, 1.54) is 30.3 Å². The molecule has 9 nitrogen and oxygen atoms in total. The van der Waals surface area contributed by atoms with E-state index in [1.807, 2.05) is 12.1 Å². The minimum atomic E-state index is -0.503. The maximum atomic E-state index is 14.1. The smallest absolute Gasteiger partial charge is 0.341 e. The van der Waals surface area contributed by atoms with Crippen molar-refractivity contribution in [1.82, 2.24) is 29.5 Å². The first kappa shape index (κ1) is 23.1. The molecule has 0 fully saturated rings. The molecule has 0 saturated carbocycles. The van der Waals surface area contributed by atoms with Crippen LogP contribution in [0.4, 0.5) is 8.78 Å². The summed E-state index contributed by atoms with van der Waals surface area (Å²) in [6, 6.07) is 10.4. The lowest BCUT2D eigenvalue weighted by molar-refractivity contribution is 0.0526. The number of fused-ring (bicyclic) bond motifs is 1. The van der Waals surface area contributed by atoms with Gasteiger partial charge in [-0.1, -0.05) is 24.3 Å². The van der Waals surface area contributed by atoms with E-state index in [0.29, 0.717) is 23.1 Å². The first-order valence-corrected chi connectivity index (χ1v) is 11.0. The molecular weight excluding hydrogens is 470 g/mol. The molecule has 0 aliphatic carbocycles. The lowest BCUT2D eigenvalue weighted by Gasteiger charge is -2.09. The maximum Gasteiger partial charge on any atom is 0.341 e. The van der Waals surface area contributed by atoms with Gasteiger partial charge in [-0.2, -0.15) is 15.2 Å². The van der Waals surface area contributed by atoms with Crippen LogP contribution in [-0.4, -0.2) is 49.2 Å². The van der Waals surface area contributed by atoms with Crippen molar-refractivity contribution in [1.29, 1.82) is 0 Å². The minimum absolute atomic E-state index is 0.193. The Morgan fingerprint density at radius 2 is 1.83 bits per heavy atom. The first-order valence-electron chi connectivity index (χ1n) is 11.0. The molecule has 2 aromatic carbocycles. The second-order valence-corrected chi connectivity index (χ2v) is 7.78. The van der Waals surface area contributed by atoms with Gasteiger partial charge in [-0.15, -0.1) is 0 Å². The van der Waals surface area contributed by atoms with Gasteiger partial charge in [-0.25, -0.2) is 23.2 Å². The molecule has 0 saturated heterocycles. The van der Waals surface area contributed by atoms with Gasteiger partial charge in [0.25, 0.3) is 5.95 Å². The van der Waals surface area contributed by atoms with Crippen LogP contribution in [0.2, 0.25) is 0 Å². The zero-order valence-electron chi connectivity index (χ0n) is 19.4. The number of hydrogen-bond acceptors (Lipinski definition) is 7. The van der Waals surface area contributed by atoms with Gasteiger partial charge in [0.15, 0.2) is 0 Å². The van der Waals surface area contributed by atoms with Crippen LogP contribution in [0.25, 0.3) is 28.1 Å². The average Bonchev–Trinajstić information content (AvgIpc) is 3.54. The van der Waals surface area contributed by atoms with Gasteiger partial charge in [0.1, 0.15) is 22.7 Å². The predicted molar refractivity (Wildman–Crippen MR) is 126 cm³/mol. The average molecular weight is 490 g/mol. The Bertz CT molecular complexity index is 1560. The molecule has 11 heteroatoms. The number of halogens is 2. The molecule has 0 amide bonds. The van der Waals surface area contributed by atoms with E-state index in [-0.39, 0.29) is 29.6 Å². The highest BCUT2D eigenvalue weighted by Gasteiger charge is 2.18. The van der Waals surface area contributed by atoms with Crippen LogP contribution >= 0.6 is 0 Å². The molecule has 0 bridgehead atoms. The second kappa shape index (κ2) is 9.53. The summed E-state index contributed by atoms with van der Waals surface area (Å²) in [6.45, 7) is 2.34. The molecule has 3 aromatic heterocycles. The molecule has 182 valence electrons. The summed E-state index contributed by atoms with van der Waals surface area (Å²) in [5, 5.41) is 8.57. The fraction of sp³-hybridized carbons (Fsp3) is 0.160. The Morgan fingerprint density at radius 3 is 2.58 bits per heavy atom. The standard InChI is InChI=1S/C25H20F2N6O3/c1-3-36-24(34)17-11-28-33(14-17)25-30-21-12-29-32(22(21)23(31-25)35-2)13-15-4-6-16(7-5-15)19-10-18(26)8-9-20(19)27/h4-12,14H,3,13H2,1-2H3. The van der Waals surface area contributed by atoms with Crippen molar-refractivity contribution in [2.24, 2.45) is 0 Å². The molecule has 36 heavy (non-hydrogen) atoms. The Balaban J connectivity index is 1.43. The molecule has 5 rings (SSSR count). The van der Waals surface area contributed by atoms with Crippen molar-refractivity contribution in [3.05, 3.63) is 83.8 Å². The number of hydrogen-bond donors (Lipinski definition) is 0. The topological polar surface area (TPSA) is 97.0 Å². The first-order chi connectivity index (χ1) is 17.5. The molecular formula is C25H20F2N6O3. The summed E-state index contributed by atoms with van der Waals surface area (Å²) in [4.78, 5) is 20.9. The van der Waals surface area contributed by atoms with Crippen molar-refractivity contribution >= 4 is 17.0 Å². The van der Waals surface area contributed by atoms with Gasteiger partial charge >= 0.3 is 5.97 Å². The molecule has 0 spiro atoms. The number of carbonyl (C=O) groups excluding carboxylic acids is 1. The Hall–Kier alpha value is -4.67. The molecule has 0 atom stereocenters. The highest BCUT2D eigenvalue weighted by Crippen LogP contribution is 2.26. The maximum absolute atomic E-state index is 14.1. The molecule has 0 radical (unpaired) electrons. The van der Waals surface area contributed by atoms with E-state index in [1.54, 1.807) is 29.9 Å². The second-order valence-electron chi connectivity index (χ2n) is 7.78. The van der Waals surface area contributed by atoms with Gasteiger partial charge in [-0.05, 0) is 36.2 Å². The normalized spacial score (nSPS) is 11.1. The number of benzene rings is 2. The van der Waals surface area contributed by atoms with Crippen molar-refractivity contribution in [3.8, 4) is 23.0 Å². The highest BCUT2D eigenvalue weighted by molar-refractivity contribution is 5.88. The van der Waals surface area contributed by atoms with Crippen LogP contribution in [0.1, 0.15) is 22.8 Å². The number of rotatable bonds is 7. The number of carbonyl (C=O) groups is 1. The van der Waals surface area contributed by atoms with E-state index < -0.39 is 17.6 Å².